The number of fused-ring (bicyclic) bond motifs is 2. The first-order valence-corrected chi connectivity index (χ1v) is 11.9. The summed E-state index contributed by atoms with van der Waals surface area (Å²) in [4.78, 5) is 16.7. The highest BCUT2D eigenvalue weighted by molar-refractivity contribution is 7.89. The van der Waals surface area contributed by atoms with Gasteiger partial charge in [-0.25, -0.2) is 13.4 Å². The molecule has 0 radical (unpaired) electrons. The number of nitrogens with one attached hydrogen (secondary N) is 1. The third-order valence-electron chi connectivity index (χ3n) is 6.31. The van der Waals surface area contributed by atoms with Gasteiger partial charge in [0.25, 0.3) is 5.91 Å². The van der Waals surface area contributed by atoms with Gasteiger partial charge in [0.2, 0.25) is 10.0 Å². The second kappa shape index (κ2) is 7.35. The van der Waals surface area contributed by atoms with E-state index >= 15 is 0 Å². The fourth-order valence-electron chi connectivity index (χ4n) is 4.77. The van der Waals surface area contributed by atoms with Crippen molar-refractivity contribution in [2.75, 3.05) is 5.73 Å². The Balaban J connectivity index is 1.31. The number of pyridine rings is 1. The number of sulfonamides is 1. The number of nitrogens with two attached hydrogens (primary N) is 1. The zero-order valence-corrected chi connectivity index (χ0v) is 17.3. The summed E-state index contributed by atoms with van der Waals surface area (Å²) in [7, 11) is -3.67. The molecule has 30 heavy (non-hydrogen) atoms. The van der Waals surface area contributed by atoms with E-state index in [1.54, 1.807) is 10.4 Å². The molecule has 4 heterocycles. The summed E-state index contributed by atoms with van der Waals surface area (Å²) < 4.78 is 33.5. The number of carbonyl (C=O) groups is 1. The molecule has 5 rings (SSSR count). The van der Waals surface area contributed by atoms with Gasteiger partial charge < -0.3 is 15.6 Å². The molecule has 3 aliphatic rings. The Bertz CT molecular complexity index is 1050. The number of hydrogen-bond donors (Lipinski definition) is 2. The minimum Gasteiger partial charge on any atom is -0.384 e. The molecule has 2 bridgehead atoms. The molecular formula is C20H25N5O4S. The van der Waals surface area contributed by atoms with Gasteiger partial charge in [-0.1, -0.05) is 11.6 Å². The van der Waals surface area contributed by atoms with Gasteiger partial charge in [0.15, 0.2) is 5.69 Å². The van der Waals surface area contributed by atoms with Crippen molar-refractivity contribution in [3.8, 4) is 0 Å². The predicted octanol–water partition coefficient (Wildman–Crippen LogP) is 2.03. The maximum absolute atomic E-state index is 13.3. The molecule has 0 spiro atoms. The number of aromatic nitrogens is 2. The topological polar surface area (TPSA) is 131 Å². The van der Waals surface area contributed by atoms with Crippen molar-refractivity contribution in [3.63, 3.8) is 0 Å². The van der Waals surface area contributed by atoms with E-state index in [2.05, 4.69) is 15.5 Å². The van der Waals surface area contributed by atoms with Crippen LogP contribution in [-0.2, 0) is 10.0 Å². The Morgan fingerprint density at radius 1 is 1.17 bits per heavy atom. The Kier molecular flexibility index (Phi) is 4.78. The van der Waals surface area contributed by atoms with Crippen LogP contribution in [0.4, 0.5) is 5.82 Å². The van der Waals surface area contributed by atoms with Crippen LogP contribution in [0.3, 0.4) is 0 Å². The molecule has 3 N–H and O–H groups in total. The van der Waals surface area contributed by atoms with E-state index in [0.717, 1.165) is 37.9 Å². The maximum atomic E-state index is 13.3. The predicted molar refractivity (Wildman–Crippen MR) is 108 cm³/mol. The standard InChI is InChI=1S/C20H25N5O4S/c21-19-10-16(6-7-22-19)30(27,28)25-14-2-1-3-15(25)9-13(8-14)23-20(26)17-11-18(29-24-17)12-4-5-12/h6-7,10-15H,1-5,8-9H2,(H2,21,22)(H,23,26)/t13-,14+,15?/m0/s1. The van der Waals surface area contributed by atoms with E-state index in [0.29, 0.717) is 24.5 Å². The van der Waals surface area contributed by atoms with Crippen LogP contribution in [-0.4, -0.2) is 46.9 Å². The number of nitrogens with zero attached hydrogens (tertiary/aromatic N) is 3. The summed E-state index contributed by atoms with van der Waals surface area (Å²) in [6, 6.07) is 4.21. The lowest BCUT2D eigenvalue weighted by Gasteiger charge is -2.47. The average Bonchev–Trinajstić information content (AvgIpc) is 3.43. The smallest absolute Gasteiger partial charge is 0.273 e. The molecule has 1 aliphatic carbocycles. The minimum absolute atomic E-state index is 0.0946. The molecular weight excluding hydrogens is 406 g/mol. The number of rotatable bonds is 5. The molecule has 0 aromatic carbocycles. The maximum Gasteiger partial charge on any atom is 0.273 e. The van der Waals surface area contributed by atoms with E-state index in [4.69, 9.17) is 10.3 Å². The normalized spacial score (nSPS) is 27.0. The summed E-state index contributed by atoms with van der Waals surface area (Å²) in [6.45, 7) is 0. The van der Waals surface area contributed by atoms with Crippen molar-refractivity contribution in [1.29, 1.82) is 0 Å². The van der Waals surface area contributed by atoms with Crippen molar-refractivity contribution in [3.05, 3.63) is 35.9 Å². The van der Waals surface area contributed by atoms with Crippen molar-refractivity contribution < 1.29 is 17.7 Å². The average molecular weight is 432 g/mol. The number of piperidine rings is 2. The van der Waals surface area contributed by atoms with Crippen molar-refractivity contribution in [1.82, 2.24) is 19.8 Å². The molecule has 2 aromatic rings. The molecule has 9 nitrogen and oxygen atoms in total. The van der Waals surface area contributed by atoms with Gasteiger partial charge in [-0.15, -0.1) is 0 Å². The molecule has 2 saturated heterocycles. The number of anilines is 1. The fourth-order valence-corrected chi connectivity index (χ4v) is 6.69. The summed E-state index contributed by atoms with van der Waals surface area (Å²) in [5.74, 6) is 1.09. The third kappa shape index (κ3) is 3.58. The molecule has 2 aliphatic heterocycles. The lowest BCUT2D eigenvalue weighted by molar-refractivity contribution is 0.0790. The molecule has 3 atom stereocenters. The summed E-state index contributed by atoms with van der Waals surface area (Å²) >= 11 is 0. The monoisotopic (exact) mass is 431 g/mol. The highest BCUT2D eigenvalue weighted by atomic mass is 32.2. The van der Waals surface area contributed by atoms with Crippen LogP contribution in [0.5, 0.6) is 0 Å². The lowest BCUT2D eigenvalue weighted by Crippen LogP contribution is -2.58. The molecule has 160 valence electrons. The van der Waals surface area contributed by atoms with Crippen LogP contribution in [0, 0.1) is 0 Å². The van der Waals surface area contributed by atoms with Crippen LogP contribution in [0.25, 0.3) is 0 Å². The first-order valence-electron chi connectivity index (χ1n) is 10.4. The molecule has 1 unspecified atom stereocenters. The number of hydrogen-bond acceptors (Lipinski definition) is 7. The second-order valence-electron chi connectivity index (χ2n) is 8.52. The number of amides is 1. The van der Waals surface area contributed by atoms with Gasteiger partial charge in [-0.2, -0.15) is 4.31 Å². The first kappa shape index (κ1) is 19.5. The van der Waals surface area contributed by atoms with Crippen LogP contribution >= 0.6 is 0 Å². The van der Waals surface area contributed by atoms with E-state index in [9.17, 15) is 13.2 Å². The largest absolute Gasteiger partial charge is 0.384 e. The van der Waals surface area contributed by atoms with E-state index in [1.165, 1.54) is 18.3 Å². The lowest BCUT2D eigenvalue weighted by atomic mass is 9.84. The Morgan fingerprint density at radius 3 is 2.57 bits per heavy atom. The molecule has 1 amide bonds. The summed E-state index contributed by atoms with van der Waals surface area (Å²) in [5.41, 5.74) is 6.00. The molecule has 2 aromatic heterocycles. The Hall–Kier alpha value is -2.46. The van der Waals surface area contributed by atoms with Gasteiger partial charge >= 0.3 is 0 Å². The Morgan fingerprint density at radius 2 is 1.90 bits per heavy atom. The minimum atomic E-state index is -3.67. The summed E-state index contributed by atoms with van der Waals surface area (Å²) in [5, 5.41) is 6.95. The van der Waals surface area contributed by atoms with Crippen LogP contribution < -0.4 is 11.1 Å². The SMILES string of the molecule is Nc1cc(S(=O)(=O)N2C3CCC[C@@H]2C[C@H](NC(=O)c2cc(C4CC4)on2)C3)ccn1. The second-order valence-corrected chi connectivity index (χ2v) is 10.4. The fraction of sp³-hybridized carbons (Fsp3) is 0.550. The highest BCUT2D eigenvalue weighted by Gasteiger charge is 2.45. The molecule has 1 saturated carbocycles. The first-order chi connectivity index (χ1) is 14.4. The molecule has 3 fully saturated rings. The van der Waals surface area contributed by atoms with Gasteiger partial charge in [-0.3, -0.25) is 4.79 Å². The van der Waals surface area contributed by atoms with Crippen molar-refractivity contribution in [2.45, 2.75) is 73.9 Å². The van der Waals surface area contributed by atoms with Gasteiger partial charge in [0, 0.05) is 42.4 Å². The third-order valence-corrected chi connectivity index (χ3v) is 8.31. The van der Waals surface area contributed by atoms with Crippen LogP contribution in [0.2, 0.25) is 0 Å². The number of nitrogen functional groups attached to an aromatic ring is 1. The highest BCUT2D eigenvalue weighted by Crippen LogP contribution is 2.40. The number of carbonyl (C=O) groups excluding carboxylic acids is 1. The van der Waals surface area contributed by atoms with Crippen molar-refractivity contribution >= 4 is 21.7 Å². The zero-order chi connectivity index (χ0) is 20.9. The van der Waals surface area contributed by atoms with E-state index < -0.39 is 10.0 Å². The van der Waals surface area contributed by atoms with Crippen molar-refractivity contribution in [2.24, 2.45) is 0 Å². The van der Waals surface area contributed by atoms with Gasteiger partial charge in [0.1, 0.15) is 11.6 Å². The van der Waals surface area contributed by atoms with Crippen LogP contribution in [0.1, 0.15) is 67.1 Å². The van der Waals surface area contributed by atoms with E-state index in [1.807, 2.05) is 0 Å². The van der Waals surface area contributed by atoms with E-state index in [-0.39, 0.29) is 34.7 Å². The quantitative estimate of drug-likeness (QED) is 0.740. The van der Waals surface area contributed by atoms with Gasteiger partial charge in [-0.05, 0) is 44.6 Å². The summed E-state index contributed by atoms with van der Waals surface area (Å²) in [6.07, 6.45) is 7.26. The Labute approximate surface area is 175 Å². The van der Waals surface area contributed by atoms with Crippen LogP contribution in [0.15, 0.2) is 33.8 Å². The molecule has 10 heteroatoms. The van der Waals surface area contributed by atoms with Gasteiger partial charge in [0.05, 0.1) is 4.90 Å². The zero-order valence-electron chi connectivity index (χ0n) is 16.5.